The summed E-state index contributed by atoms with van der Waals surface area (Å²) in [5.74, 6) is 0.618. The van der Waals surface area contributed by atoms with E-state index < -0.39 is 6.10 Å². The molecule has 0 heterocycles. The summed E-state index contributed by atoms with van der Waals surface area (Å²) in [4.78, 5) is 12.1. The lowest BCUT2D eigenvalue weighted by Gasteiger charge is -2.19. The molecule has 0 aromatic heterocycles. The summed E-state index contributed by atoms with van der Waals surface area (Å²) in [6.45, 7) is 2.15. The smallest absolute Gasteiger partial charge is 0.260 e. The summed E-state index contributed by atoms with van der Waals surface area (Å²) in [7, 11) is 0. The van der Waals surface area contributed by atoms with Gasteiger partial charge in [-0.3, -0.25) is 4.79 Å². The zero-order valence-electron chi connectivity index (χ0n) is 11.7. The molecule has 20 heavy (non-hydrogen) atoms. The van der Waals surface area contributed by atoms with Crippen LogP contribution in [-0.4, -0.2) is 18.1 Å². The SMILES string of the molecule is CC(Oc1ccc(Br)cc1CN)C(=O)NC1CCCC1. The molecule has 4 nitrogen and oxygen atoms in total. The van der Waals surface area contributed by atoms with E-state index in [1.54, 1.807) is 6.92 Å². The third kappa shape index (κ3) is 3.96. The van der Waals surface area contributed by atoms with Crippen molar-refractivity contribution in [3.8, 4) is 5.75 Å². The van der Waals surface area contributed by atoms with Gasteiger partial charge in [-0.1, -0.05) is 28.8 Å². The first-order chi connectivity index (χ1) is 9.60. The van der Waals surface area contributed by atoms with Crippen molar-refractivity contribution < 1.29 is 9.53 Å². The van der Waals surface area contributed by atoms with Crippen LogP contribution in [0.1, 0.15) is 38.2 Å². The van der Waals surface area contributed by atoms with Crippen molar-refractivity contribution in [1.82, 2.24) is 5.32 Å². The molecule has 1 aliphatic carbocycles. The maximum atomic E-state index is 12.1. The molecule has 1 amide bonds. The van der Waals surface area contributed by atoms with Gasteiger partial charge in [-0.15, -0.1) is 0 Å². The fourth-order valence-electron chi connectivity index (χ4n) is 2.46. The van der Waals surface area contributed by atoms with Crippen LogP contribution in [0.2, 0.25) is 0 Å². The fourth-order valence-corrected chi connectivity index (χ4v) is 2.86. The summed E-state index contributed by atoms with van der Waals surface area (Å²) >= 11 is 3.40. The topological polar surface area (TPSA) is 64.3 Å². The Hall–Kier alpha value is -1.07. The number of rotatable bonds is 5. The van der Waals surface area contributed by atoms with E-state index in [9.17, 15) is 4.79 Å². The number of ether oxygens (including phenoxy) is 1. The third-order valence-corrected chi connectivity index (χ3v) is 4.11. The number of amides is 1. The molecular weight excluding hydrogens is 320 g/mol. The summed E-state index contributed by atoms with van der Waals surface area (Å²) in [6, 6.07) is 5.95. The lowest BCUT2D eigenvalue weighted by atomic mass is 10.2. The predicted molar refractivity (Wildman–Crippen MR) is 82.5 cm³/mol. The van der Waals surface area contributed by atoms with Crippen LogP contribution in [0.3, 0.4) is 0 Å². The molecule has 5 heteroatoms. The van der Waals surface area contributed by atoms with Crippen molar-refractivity contribution in [3.05, 3.63) is 28.2 Å². The molecule has 2 rings (SSSR count). The molecule has 0 saturated heterocycles. The molecule has 1 aromatic carbocycles. The van der Waals surface area contributed by atoms with E-state index in [0.717, 1.165) is 22.9 Å². The van der Waals surface area contributed by atoms with Crippen LogP contribution in [0.5, 0.6) is 5.75 Å². The second-order valence-electron chi connectivity index (χ2n) is 5.21. The number of halogens is 1. The Morgan fingerprint density at radius 2 is 2.20 bits per heavy atom. The Labute approximate surface area is 128 Å². The van der Waals surface area contributed by atoms with Gasteiger partial charge in [0.1, 0.15) is 5.75 Å². The zero-order valence-corrected chi connectivity index (χ0v) is 13.3. The monoisotopic (exact) mass is 340 g/mol. The van der Waals surface area contributed by atoms with Crippen LogP contribution in [-0.2, 0) is 11.3 Å². The van der Waals surface area contributed by atoms with Crippen molar-refractivity contribution >= 4 is 21.8 Å². The van der Waals surface area contributed by atoms with E-state index in [1.807, 2.05) is 18.2 Å². The molecule has 0 aliphatic heterocycles. The highest BCUT2D eigenvalue weighted by molar-refractivity contribution is 9.10. The minimum absolute atomic E-state index is 0.0530. The molecule has 1 aliphatic rings. The van der Waals surface area contributed by atoms with Crippen molar-refractivity contribution in [2.45, 2.75) is 51.3 Å². The summed E-state index contributed by atoms with van der Waals surface area (Å²) < 4.78 is 6.70. The van der Waals surface area contributed by atoms with Crippen LogP contribution in [0.15, 0.2) is 22.7 Å². The van der Waals surface area contributed by atoms with Gasteiger partial charge in [0, 0.05) is 22.6 Å². The Balaban J connectivity index is 1.96. The Kier molecular flexibility index (Phi) is 5.43. The Morgan fingerprint density at radius 3 is 2.85 bits per heavy atom. The second kappa shape index (κ2) is 7.09. The Bertz CT molecular complexity index is 473. The van der Waals surface area contributed by atoms with Gasteiger partial charge in [-0.05, 0) is 38.0 Å². The van der Waals surface area contributed by atoms with E-state index >= 15 is 0 Å². The van der Waals surface area contributed by atoms with E-state index in [-0.39, 0.29) is 5.91 Å². The molecule has 3 N–H and O–H groups in total. The molecular formula is C15H21BrN2O2. The van der Waals surface area contributed by atoms with Gasteiger partial charge in [-0.25, -0.2) is 0 Å². The standard InChI is InChI=1S/C15H21BrN2O2/c1-10(15(19)18-13-4-2-3-5-13)20-14-7-6-12(16)8-11(14)9-17/h6-8,10,13H,2-5,9,17H2,1H3,(H,18,19). The number of nitrogens with two attached hydrogens (primary N) is 1. The van der Waals surface area contributed by atoms with E-state index in [4.69, 9.17) is 10.5 Å². The van der Waals surface area contributed by atoms with Crippen LogP contribution < -0.4 is 15.8 Å². The van der Waals surface area contributed by atoms with Gasteiger partial charge in [0.05, 0.1) is 0 Å². The molecule has 1 saturated carbocycles. The number of benzene rings is 1. The molecule has 0 spiro atoms. The van der Waals surface area contributed by atoms with E-state index in [1.165, 1.54) is 12.8 Å². The molecule has 0 bridgehead atoms. The summed E-state index contributed by atoms with van der Waals surface area (Å²) in [5.41, 5.74) is 6.59. The van der Waals surface area contributed by atoms with Gasteiger partial charge >= 0.3 is 0 Å². The molecule has 1 atom stereocenters. The van der Waals surface area contributed by atoms with Crippen LogP contribution in [0.4, 0.5) is 0 Å². The highest BCUT2D eigenvalue weighted by atomic mass is 79.9. The van der Waals surface area contributed by atoms with Crippen molar-refractivity contribution in [1.29, 1.82) is 0 Å². The summed E-state index contributed by atoms with van der Waals surface area (Å²) in [5, 5.41) is 3.04. The van der Waals surface area contributed by atoms with Crippen molar-refractivity contribution in [3.63, 3.8) is 0 Å². The molecule has 110 valence electrons. The van der Waals surface area contributed by atoms with Crippen LogP contribution in [0.25, 0.3) is 0 Å². The van der Waals surface area contributed by atoms with E-state index in [2.05, 4.69) is 21.2 Å². The maximum Gasteiger partial charge on any atom is 0.260 e. The molecule has 1 fully saturated rings. The highest BCUT2D eigenvalue weighted by Gasteiger charge is 2.22. The first kappa shape index (κ1) is 15.3. The quantitative estimate of drug-likeness (QED) is 0.866. The largest absolute Gasteiger partial charge is 0.481 e. The lowest BCUT2D eigenvalue weighted by Crippen LogP contribution is -2.41. The highest BCUT2D eigenvalue weighted by Crippen LogP contribution is 2.24. The number of hydrogen-bond donors (Lipinski definition) is 2. The second-order valence-corrected chi connectivity index (χ2v) is 6.12. The Morgan fingerprint density at radius 1 is 1.50 bits per heavy atom. The predicted octanol–water partition coefficient (Wildman–Crippen LogP) is 2.73. The maximum absolute atomic E-state index is 12.1. The zero-order chi connectivity index (χ0) is 14.5. The fraction of sp³-hybridized carbons (Fsp3) is 0.533. The number of carbonyl (C=O) groups is 1. The van der Waals surface area contributed by atoms with Gasteiger partial charge in [0.2, 0.25) is 0 Å². The summed E-state index contributed by atoms with van der Waals surface area (Å²) in [6.07, 6.45) is 4.03. The number of nitrogens with one attached hydrogen (secondary N) is 1. The normalized spacial score (nSPS) is 16.9. The third-order valence-electron chi connectivity index (χ3n) is 3.62. The minimum Gasteiger partial charge on any atom is -0.481 e. The van der Waals surface area contributed by atoms with Gasteiger partial charge in [0.25, 0.3) is 5.91 Å². The van der Waals surface area contributed by atoms with Crippen LogP contribution in [0, 0.1) is 0 Å². The van der Waals surface area contributed by atoms with E-state index in [0.29, 0.717) is 18.3 Å². The average Bonchev–Trinajstić information content (AvgIpc) is 2.93. The lowest BCUT2D eigenvalue weighted by molar-refractivity contribution is -0.127. The van der Waals surface area contributed by atoms with Crippen molar-refractivity contribution in [2.24, 2.45) is 5.73 Å². The molecule has 1 aromatic rings. The number of hydrogen-bond acceptors (Lipinski definition) is 3. The molecule has 1 unspecified atom stereocenters. The first-order valence-electron chi connectivity index (χ1n) is 7.05. The van der Waals surface area contributed by atoms with Gasteiger partial charge in [0.15, 0.2) is 6.10 Å². The minimum atomic E-state index is -0.512. The number of carbonyl (C=O) groups excluding carboxylic acids is 1. The van der Waals surface area contributed by atoms with Gasteiger partial charge < -0.3 is 15.8 Å². The first-order valence-corrected chi connectivity index (χ1v) is 7.85. The van der Waals surface area contributed by atoms with Gasteiger partial charge in [-0.2, -0.15) is 0 Å². The van der Waals surface area contributed by atoms with Crippen molar-refractivity contribution in [2.75, 3.05) is 0 Å². The molecule has 0 radical (unpaired) electrons. The average molecular weight is 341 g/mol. The van der Waals surface area contributed by atoms with Crippen LogP contribution >= 0.6 is 15.9 Å².